The number of fused-ring (bicyclic) bond motifs is 1. The molecule has 0 fully saturated rings. The van der Waals surface area contributed by atoms with E-state index in [2.05, 4.69) is 32.9 Å². The van der Waals surface area contributed by atoms with Crippen LogP contribution in [0.15, 0.2) is 78.4 Å². The van der Waals surface area contributed by atoms with Gasteiger partial charge in [0.2, 0.25) is 0 Å². The molecule has 0 bridgehead atoms. The maximum Gasteiger partial charge on any atom is 0.141 e. The summed E-state index contributed by atoms with van der Waals surface area (Å²) in [6.45, 7) is 7.36. The molecule has 0 saturated heterocycles. The third-order valence-electron chi connectivity index (χ3n) is 5.67. The Morgan fingerprint density at radius 3 is 2.85 bits per heavy atom. The zero-order valence-electron chi connectivity index (χ0n) is 18.2. The first kappa shape index (κ1) is 20.7. The molecule has 33 heavy (non-hydrogen) atoms. The number of hydrogen-bond donors (Lipinski definition) is 2. The van der Waals surface area contributed by atoms with Crippen LogP contribution in [-0.4, -0.2) is 22.7 Å². The number of nitrogens with zero attached hydrogens (tertiary/aromatic N) is 2. The van der Waals surface area contributed by atoms with Crippen molar-refractivity contribution in [1.82, 2.24) is 15.3 Å². The molecule has 0 aliphatic carbocycles. The van der Waals surface area contributed by atoms with E-state index in [1.807, 2.05) is 49.5 Å². The number of pyridine rings is 1. The molecule has 0 spiro atoms. The van der Waals surface area contributed by atoms with E-state index in [9.17, 15) is 4.39 Å². The van der Waals surface area contributed by atoms with Crippen LogP contribution in [0.25, 0.3) is 22.3 Å². The van der Waals surface area contributed by atoms with E-state index in [0.717, 1.165) is 56.2 Å². The molecule has 0 amide bonds. The van der Waals surface area contributed by atoms with Crippen molar-refractivity contribution in [1.29, 1.82) is 0 Å². The van der Waals surface area contributed by atoms with Crippen molar-refractivity contribution in [3.63, 3.8) is 0 Å². The fourth-order valence-corrected chi connectivity index (χ4v) is 3.90. The number of aromatic nitrogens is 2. The minimum Gasteiger partial charge on any atom is -0.456 e. The summed E-state index contributed by atoms with van der Waals surface area (Å²) in [5.74, 6) is 1.20. The van der Waals surface area contributed by atoms with E-state index in [-0.39, 0.29) is 5.82 Å². The smallest absolute Gasteiger partial charge is 0.141 e. The summed E-state index contributed by atoms with van der Waals surface area (Å²) in [5.41, 5.74) is 6.29. The molecular formula is C27H23FN4O. The van der Waals surface area contributed by atoms with Crippen molar-refractivity contribution in [3.8, 4) is 11.5 Å². The number of ether oxygens (including phenoxy) is 1. The van der Waals surface area contributed by atoms with Crippen molar-refractivity contribution in [3.05, 3.63) is 102 Å². The maximum atomic E-state index is 13.5. The summed E-state index contributed by atoms with van der Waals surface area (Å²) < 4.78 is 19.8. The third kappa shape index (κ3) is 4.28. The molecule has 4 aromatic rings. The molecule has 2 N–H and O–H groups in total. The lowest BCUT2D eigenvalue weighted by atomic mass is 10.0. The number of aliphatic imine (C=N–C) groups is 1. The zero-order chi connectivity index (χ0) is 22.8. The van der Waals surface area contributed by atoms with Crippen LogP contribution in [0.1, 0.15) is 22.4 Å². The first-order chi connectivity index (χ1) is 16.1. The normalized spacial score (nSPS) is 12.7. The van der Waals surface area contributed by atoms with Crippen molar-refractivity contribution >= 4 is 28.5 Å². The molecule has 0 radical (unpaired) electrons. The minimum absolute atomic E-state index is 0.250. The fourth-order valence-electron chi connectivity index (χ4n) is 3.90. The molecule has 5 rings (SSSR count). The molecule has 1 aliphatic rings. The van der Waals surface area contributed by atoms with E-state index < -0.39 is 0 Å². The van der Waals surface area contributed by atoms with Gasteiger partial charge in [-0.15, -0.1) is 0 Å². The van der Waals surface area contributed by atoms with E-state index in [1.54, 1.807) is 12.3 Å². The number of rotatable bonds is 7. The molecule has 5 nitrogen and oxygen atoms in total. The summed E-state index contributed by atoms with van der Waals surface area (Å²) in [4.78, 5) is 12.0. The molecule has 3 heterocycles. The Kier molecular flexibility index (Phi) is 5.48. The quantitative estimate of drug-likeness (QED) is 0.370. The number of H-pyrrole nitrogens is 1. The van der Waals surface area contributed by atoms with Gasteiger partial charge in [0.15, 0.2) is 0 Å². The highest BCUT2D eigenvalue weighted by Crippen LogP contribution is 2.34. The summed E-state index contributed by atoms with van der Waals surface area (Å²) >= 11 is 0. The number of allylic oxidation sites excluding steroid dienone is 1. The van der Waals surface area contributed by atoms with Crippen LogP contribution >= 0.6 is 0 Å². The van der Waals surface area contributed by atoms with Crippen molar-refractivity contribution in [2.75, 3.05) is 6.54 Å². The van der Waals surface area contributed by atoms with Crippen molar-refractivity contribution in [2.45, 2.75) is 13.5 Å². The van der Waals surface area contributed by atoms with Crippen LogP contribution in [0.2, 0.25) is 0 Å². The summed E-state index contributed by atoms with van der Waals surface area (Å²) in [5, 5.41) is 4.19. The van der Waals surface area contributed by atoms with Gasteiger partial charge in [-0.1, -0.05) is 36.9 Å². The van der Waals surface area contributed by atoms with Gasteiger partial charge in [0.1, 0.15) is 23.0 Å². The Hall–Kier alpha value is -4.19. The lowest BCUT2D eigenvalue weighted by Crippen LogP contribution is -2.12. The molecule has 0 atom stereocenters. The maximum absolute atomic E-state index is 13.5. The first-order valence-electron chi connectivity index (χ1n) is 10.7. The van der Waals surface area contributed by atoms with E-state index >= 15 is 0 Å². The number of hydrogen-bond acceptors (Lipinski definition) is 4. The Morgan fingerprint density at radius 1 is 1.15 bits per heavy atom. The van der Waals surface area contributed by atoms with Crippen LogP contribution in [0.3, 0.4) is 0 Å². The van der Waals surface area contributed by atoms with Crippen molar-refractivity contribution in [2.24, 2.45) is 4.99 Å². The monoisotopic (exact) mass is 438 g/mol. The Balaban J connectivity index is 1.38. The van der Waals surface area contributed by atoms with Gasteiger partial charge in [0, 0.05) is 47.0 Å². The summed E-state index contributed by atoms with van der Waals surface area (Å²) in [6, 6.07) is 16.3. The van der Waals surface area contributed by atoms with Crippen LogP contribution in [0.5, 0.6) is 11.5 Å². The molecule has 0 unspecified atom stereocenters. The number of nitrogens with one attached hydrogen (secondary N) is 2. The van der Waals surface area contributed by atoms with Crippen LogP contribution in [-0.2, 0) is 6.54 Å². The van der Waals surface area contributed by atoms with E-state index in [1.165, 1.54) is 12.1 Å². The van der Waals surface area contributed by atoms with Crippen LogP contribution in [0.4, 0.5) is 4.39 Å². The molecule has 6 heteroatoms. The largest absolute Gasteiger partial charge is 0.456 e. The highest BCUT2D eigenvalue weighted by molar-refractivity contribution is 6.12. The standard InChI is InChI=1S/C27H23FN4O/c1-17-22(18(2)31-15-19-5-3-6-21(28)13-19)7-4-8-25(17)33-26-10-12-30-27-23(26)14-24(32-27)20-9-11-29-16-20/h3-10,12-14,16,31H,2,11,15H2,1H3,(H,30,32). The average Bonchev–Trinajstić information content (AvgIpc) is 3.49. The van der Waals surface area contributed by atoms with E-state index in [0.29, 0.717) is 13.1 Å². The molecule has 2 aromatic carbocycles. The lowest BCUT2D eigenvalue weighted by Gasteiger charge is -2.16. The molecule has 1 aliphatic heterocycles. The van der Waals surface area contributed by atoms with Gasteiger partial charge in [-0.3, -0.25) is 4.99 Å². The van der Waals surface area contributed by atoms with Gasteiger partial charge in [0.25, 0.3) is 0 Å². The third-order valence-corrected chi connectivity index (χ3v) is 5.67. The van der Waals surface area contributed by atoms with Gasteiger partial charge < -0.3 is 15.0 Å². The molecular weight excluding hydrogens is 415 g/mol. The Labute approximate surface area is 191 Å². The zero-order valence-corrected chi connectivity index (χ0v) is 18.2. The van der Waals surface area contributed by atoms with E-state index in [4.69, 9.17) is 4.74 Å². The van der Waals surface area contributed by atoms with Gasteiger partial charge >= 0.3 is 0 Å². The van der Waals surface area contributed by atoms with Crippen LogP contribution in [0, 0.1) is 12.7 Å². The second-order valence-corrected chi connectivity index (χ2v) is 7.90. The minimum atomic E-state index is -0.250. The average molecular weight is 439 g/mol. The van der Waals surface area contributed by atoms with Gasteiger partial charge in [-0.05, 0) is 42.8 Å². The first-order valence-corrected chi connectivity index (χ1v) is 10.7. The summed E-state index contributed by atoms with van der Waals surface area (Å²) in [6.07, 6.45) is 5.66. The van der Waals surface area contributed by atoms with Crippen LogP contribution < -0.4 is 10.1 Å². The second kappa shape index (κ2) is 8.74. The van der Waals surface area contributed by atoms with Gasteiger partial charge in [0.05, 0.1) is 11.9 Å². The second-order valence-electron chi connectivity index (χ2n) is 7.90. The number of aromatic amines is 1. The van der Waals surface area contributed by atoms with Crippen molar-refractivity contribution < 1.29 is 9.13 Å². The SMILES string of the molecule is C=C(NCc1cccc(F)c1)c1cccc(Oc2ccnc3[nH]c(C4=CCN=C4)cc23)c1C. The number of halogens is 1. The number of benzene rings is 2. The lowest BCUT2D eigenvalue weighted by molar-refractivity contribution is 0.484. The Morgan fingerprint density at radius 2 is 2.03 bits per heavy atom. The van der Waals surface area contributed by atoms with Gasteiger partial charge in [-0.25, -0.2) is 9.37 Å². The molecule has 164 valence electrons. The highest BCUT2D eigenvalue weighted by atomic mass is 19.1. The fraction of sp³-hybridized carbons (Fsp3) is 0.111. The molecule has 2 aromatic heterocycles. The predicted octanol–water partition coefficient (Wildman–Crippen LogP) is 6.03. The highest BCUT2D eigenvalue weighted by Gasteiger charge is 2.14. The summed E-state index contributed by atoms with van der Waals surface area (Å²) in [7, 11) is 0. The predicted molar refractivity (Wildman–Crippen MR) is 131 cm³/mol. The topological polar surface area (TPSA) is 62.3 Å². The molecule has 0 saturated carbocycles. The van der Waals surface area contributed by atoms with Gasteiger partial charge in [-0.2, -0.15) is 0 Å². The Bertz CT molecular complexity index is 1420.